The molecular weight excluding hydrogens is 182 g/mol. The highest BCUT2D eigenvalue weighted by molar-refractivity contribution is 5.25. The Kier molecular flexibility index (Phi) is 3.30. The molecule has 0 saturated carbocycles. The third-order valence-corrected chi connectivity index (χ3v) is 2.43. The summed E-state index contributed by atoms with van der Waals surface area (Å²) in [6, 6.07) is 1.22. The van der Waals surface area contributed by atoms with Gasteiger partial charge in [-0.2, -0.15) is 0 Å². The highest BCUT2D eigenvalue weighted by Gasteiger charge is 2.11. The standard InChI is InChI=1S/C10H15NO3/c1-3-8(6-12)11-5-4-9(13)10(14)7(11)2/h4-5,8,12,14H,3,6H2,1-2H3/t8-/m0/s1. The maximum atomic E-state index is 11.1. The lowest BCUT2D eigenvalue weighted by molar-refractivity contribution is 0.221. The number of nitrogens with zero attached hydrogens (tertiary/aromatic N) is 1. The molecule has 78 valence electrons. The molecule has 0 radical (unpaired) electrons. The Morgan fingerprint density at radius 3 is 2.71 bits per heavy atom. The number of aromatic nitrogens is 1. The van der Waals surface area contributed by atoms with E-state index in [1.165, 1.54) is 6.07 Å². The number of hydrogen-bond donors (Lipinski definition) is 2. The SMILES string of the molecule is CC[C@@H](CO)n1ccc(=O)c(O)c1C. The largest absolute Gasteiger partial charge is 0.503 e. The van der Waals surface area contributed by atoms with Crippen LogP contribution in [0, 0.1) is 6.92 Å². The van der Waals surface area contributed by atoms with E-state index in [4.69, 9.17) is 5.11 Å². The van der Waals surface area contributed by atoms with E-state index in [-0.39, 0.29) is 23.8 Å². The van der Waals surface area contributed by atoms with Gasteiger partial charge in [-0.25, -0.2) is 0 Å². The third kappa shape index (κ3) is 1.80. The monoisotopic (exact) mass is 197 g/mol. The fraction of sp³-hybridized carbons (Fsp3) is 0.500. The van der Waals surface area contributed by atoms with E-state index in [1.807, 2.05) is 6.92 Å². The summed E-state index contributed by atoms with van der Waals surface area (Å²) in [5, 5.41) is 18.5. The topological polar surface area (TPSA) is 62.5 Å². The summed E-state index contributed by atoms with van der Waals surface area (Å²) < 4.78 is 1.72. The quantitative estimate of drug-likeness (QED) is 0.753. The highest BCUT2D eigenvalue weighted by atomic mass is 16.3. The number of aromatic hydroxyl groups is 1. The first-order valence-corrected chi connectivity index (χ1v) is 4.63. The van der Waals surface area contributed by atoms with E-state index in [0.29, 0.717) is 5.69 Å². The van der Waals surface area contributed by atoms with E-state index in [1.54, 1.807) is 17.7 Å². The summed E-state index contributed by atoms with van der Waals surface area (Å²) in [7, 11) is 0. The van der Waals surface area contributed by atoms with Crippen LogP contribution in [0.1, 0.15) is 25.1 Å². The minimum atomic E-state index is -0.383. The van der Waals surface area contributed by atoms with Crippen LogP contribution in [-0.2, 0) is 0 Å². The molecule has 1 atom stereocenters. The zero-order valence-electron chi connectivity index (χ0n) is 8.40. The predicted molar refractivity (Wildman–Crippen MR) is 53.5 cm³/mol. The summed E-state index contributed by atoms with van der Waals surface area (Å²) in [5.74, 6) is -0.237. The lowest BCUT2D eigenvalue weighted by Gasteiger charge is -2.19. The lowest BCUT2D eigenvalue weighted by atomic mass is 10.2. The molecule has 0 amide bonds. The lowest BCUT2D eigenvalue weighted by Crippen LogP contribution is -2.17. The van der Waals surface area contributed by atoms with Gasteiger partial charge in [-0.1, -0.05) is 6.92 Å². The fourth-order valence-electron chi connectivity index (χ4n) is 1.45. The molecule has 0 saturated heterocycles. The van der Waals surface area contributed by atoms with Crippen molar-refractivity contribution in [3.8, 4) is 5.75 Å². The van der Waals surface area contributed by atoms with Crippen LogP contribution >= 0.6 is 0 Å². The van der Waals surface area contributed by atoms with Crippen molar-refractivity contribution in [1.29, 1.82) is 0 Å². The second-order valence-electron chi connectivity index (χ2n) is 3.27. The van der Waals surface area contributed by atoms with Crippen molar-refractivity contribution in [2.24, 2.45) is 0 Å². The molecule has 0 fully saturated rings. The molecule has 4 nitrogen and oxygen atoms in total. The van der Waals surface area contributed by atoms with Crippen LogP contribution in [0.2, 0.25) is 0 Å². The molecule has 14 heavy (non-hydrogen) atoms. The summed E-state index contributed by atoms with van der Waals surface area (Å²) in [5.41, 5.74) is 0.116. The maximum Gasteiger partial charge on any atom is 0.223 e. The molecule has 0 aliphatic heterocycles. The Morgan fingerprint density at radius 2 is 2.21 bits per heavy atom. The van der Waals surface area contributed by atoms with Gasteiger partial charge in [-0.3, -0.25) is 4.79 Å². The highest BCUT2D eigenvalue weighted by Crippen LogP contribution is 2.17. The molecule has 1 rings (SSSR count). The van der Waals surface area contributed by atoms with Gasteiger partial charge in [0.1, 0.15) is 0 Å². The normalized spacial score (nSPS) is 12.8. The van der Waals surface area contributed by atoms with E-state index in [2.05, 4.69) is 0 Å². The third-order valence-electron chi connectivity index (χ3n) is 2.43. The van der Waals surface area contributed by atoms with Gasteiger partial charge in [0.05, 0.1) is 18.3 Å². The smallest absolute Gasteiger partial charge is 0.223 e. The van der Waals surface area contributed by atoms with Crippen molar-refractivity contribution >= 4 is 0 Å². The average molecular weight is 197 g/mol. The van der Waals surface area contributed by atoms with Gasteiger partial charge >= 0.3 is 0 Å². The Balaban J connectivity index is 3.22. The number of aliphatic hydroxyl groups excluding tert-OH is 1. The van der Waals surface area contributed by atoms with Crippen LogP contribution in [0.15, 0.2) is 17.1 Å². The minimum Gasteiger partial charge on any atom is -0.503 e. The number of aliphatic hydroxyl groups is 1. The number of hydrogen-bond acceptors (Lipinski definition) is 3. The van der Waals surface area contributed by atoms with Gasteiger partial charge in [0.2, 0.25) is 5.43 Å². The molecule has 2 N–H and O–H groups in total. The van der Waals surface area contributed by atoms with Gasteiger partial charge in [0.15, 0.2) is 5.75 Å². The van der Waals surface area contributed by atoms with Crippen molar-refractivity contribution in [1.82, 2.24) is 4.57 Å². The number of rotatable bonds is 3. The van der Waals surface area contributed by atoms with Crippen LogP contribution in [0.25, 0.3) is 0 Å². The van der Waals surface area contributed by atoms with Crippen molar-refractivity contribution in [2.75, 3.05) is 6.61 Å². The zero-order valence-corrected chi connectivity index (χ0v) is 8.40. The Hall–Kier alpha value is -1.29. The first-order valence-electron chi connectivity index (χ1n) is 4.63. The Labute approximate surface area is 82.4 Å². The van der Waals surface area contributed by atoms with Gasteiger partial charge in [0.25, 0.3) is 0 Å². The Bertz CT molecular complexity index is 366. The molecule has 0 aromatic carbocycles. The molecule has 1 heterocycles. The molecule has 0 unspecified atom stereocenters. The van der Waals surface area contributed by atoms with Crippen molar-refractivity contribution in [3.05, 3.63) is 28.2 Å². The minimum absolute atomic E-state index is 0.000347. The first-order chi connectivity index (χ1) is 6.61. The fourth-order valence-corrected chi connectivity index (χ4v) is 1.45. The van der Waals surface area contributed by atoms with Gasteiger partial charge in [0, 0.05) is 12.3 Å². The molecule has 0 spiro atoms. The van der Waals surface area contributed by atoms with Gasteiger partial charge < -0.3 is 14.8 Å². The molecular formula is C10H15NO3. The van der Waals surface area contributed by atoms with Gasteiger partial charge in [-0.05, 0) is 13.3 Å². The summed E-state index contributed by atoms with van der Waals surface area (Å²) >= 11 is 0. The van der Waals surface area contributed by atoms with Crippen molar-refractivity contribution in [2.45, 2.75) is 26.3 Å². The van der Waals surface area contributed by atoms with Crippen LogP contribution in [-0.4, -0.2) is 21.4 Å². The second kappa shape index (κ2) is 4.28. The van der Waals surface area contributed by atoms with E-state index in [0.717, 1.165) is 6.42 Å². The summed E-state index contributed by atoms with van der Waals surface area (Å²) in [6.07, 6.45) is 2.35. The molecule has 0 aliphatic rings. The molecule has 0 bridgehead atoms. The van der Waals surface area contributed by atoms with Crippen LogP contribution in [0.4, 0.5) is 0 Å². The van der Waals surface area contributed by atoms with Gasteiger partial charge in [-0.15, -0.1) is 0 Å². The predicted octanol–water partition coefficient (Wildman–Crippen LogP) is 0.806. The first kappa shape index (κ1) is 10.8. The van der Waals surface area contributed by atoms with Crippen molar-refractivity contribution < 1.29 is 10.2 Å². The zero-order chi connectivity index (χ0) is 10.7. The molecule has 1 aromatic rings. The van der Waals surface area contributed by atoms with Crippen LogP contribution in [0.5, 0.6) is 5.75 Å². The van der Waals surface area contributed by atoms with Crippen LogP contribution in [0.3, 0.4) is 0 Å². The van der Waals surface area contributed by atoms with E-state index in [9.17, 15) is 9.90 Å². The second-order valence-corrected chi connectivity index (χ2v) is 3.27. The average Bonchev–Trinajstić information content (AvgIpc) is 2.19. The summed E-state index contributed by atoms with van der Waals surface area (Å²) in [6.45, 7) is 3.60. The maximum absolute atomic E-state index is 11.1. The van der Waals surface area contributed by atoms with E-state index < -0.39 is 0 Å². The van der Waals surface area contributed by atoms with Crippen molar-refractivity contribution in [3.63, 3.8) is 0 Å². The molecule has 1 aromatic heterocycles. The summed E-state index contributed by atoms with van der Waals surface area (Å²) in [4.78, 5) is 11.1. The molecule has 0 aliphatic carbocycles. The van der Waals surface area contributed by atoms with E-state index >= 15 is 0 Å². The molecule has 4 heteroatoms. The number of pyridine rings is 1. The van der Waals surface area contributed by atoms with Crippen LogP contribution < -0.4 is 5.43 Å². The Morgan fingerprint density at radius 1 is 1.57 bits per heavy atom.